The smallest absolute Gasteiger partial charge is 0.182 e. The van der Waals surface area contributed by atoms with Crippen LogP contribution in [0.4, 0.5) is 0 Å². The predicted molar refractivity (Wildman–Crippen MR) is 150 cm³/mol. The lowest BCUT2D eigenvalue weighted by molar-refractivity contribution is 0.0942. The Kier molecular flexibility index (Phi) is 8.37. The maximum Gasteiger partial charge on any atom is 0.182 e. The van der Waals surface area contributed by atoms with Crippen molar-refractivity contribution in [3.05, 3.63) is 64.7 Å². The molecule has 0 aromatic heterocycles. The first kappa shape index (κ1) is 28.0. The molecule has 4 heteroatoms. The average molecular weight is 491 g/mol. The van der Waals surface area contributed by atoms with Crippen molar-refractivity contribution in [2.45, 2.75) is 97.9 Å². The van der Waals surface area contributed by atoms with Gasteiger partial charge in [-0.05, 0) is 53.7 Å². The average Bonchev–Trinajstić information content (AvgIpc) is 3.03. The molecule has 36 heavy (non-hydrogen) atoms. The van der Waals surface area contributed by atoms with Crippen LogP contribution in [0, 0.1) is 17.2 Å². The van der Waals surface area contributed by atoms with Gasteiger partial charge in [-0.3, -0.25) is 10.2 Å². The lowest BCUT2D eigenvalue weighted by atomic mass is 9.78. The molecule has 0 spiro atoms. The zero-order valence-corrected chi connectivity index (χ0v) is 23.6. The van der Waals surface area contributed by atoms with Gasteiger partial charge in [-0.2, -0.15) is 0 Å². The molecule has 196 valence electrons. The van der Waals surface area contributed by atoms with E-state index >= 15 is 0 Å². The van der Waals surface area contributed by atoms with E-state index in [2.05, 4.69) is 84.6 Å². The number of rotatable bonds is 8. The highest BCUT2D eigenvalue weighted by molar-refractivity contribution is 6.01. The van der Waals surface area contributed by atoms with Gasteiger partial charge in [-0.1, -0.05) is 92.1 Å². The minimum atomic E-state index is -0.292. The van der Waals surface area contributed by atoms with Gasteiger partial charge in [0.15, 0.2) is 5.78 Å². The molecule has 1 aliphatic heterocycles. The summed E-state index contributed by atoms with van der Waals surface area (Å²) in [7, 11) is 0. The Morgan fingerprint density at radius 2 is 1.53 bits per heavy atom. The van der Waals surface area contributed by atoms with Gasteiger partial charge in [-0.15, -0.1) is 0 Å². The Hall–Kier alpha value is -2.62. The molecule has 1 aliphatic rings. The Morgan fingerprint density at radius 1 is 0.972 bits per heavy atom. The van der Waals surface area contributed by atoms with Crippen molar-refractivity contribution in [2.75, 3.05) is 6.54 Å². The van der Waals surface area contributed by atoms with Gasteiger partial charge < -0.3 is 10.0 Å². The van der Waals surface area contributed by atoms with E-state index in [1.807, 2.05) is 18.2 Å². The van der Waals surface area contributed by atoms with Gasteiger partial charge >= 0.3 is 0 Å². The third kappa shape index (κ3) is 5.85. The standard InChI is InChI=1S/C32H46N2O2/c1-9-14-23-24(17-21-15-12-11-13-16-21)27(10-2)34(30(23)33)20-28(35)22-18-25(31(3,4)5)29(36)26(19-22)32(6,7)8/h11-13,15-16,18-19,23-24,27,33,36H,9-10,14,17,20H2,1-8H3. The Morgan fingerprint density at radius 3 is 2.00 bits per heavy atom. The van der Waals surface area contributed by atoms with Crippen LogP contribution in [-0.2, 0) is 17.3 Å². The predicted octanol–water partition coefficient (Wildman–Crippen LogP) is 7.52. The molecule has 0 amide bonds. The molecule has 0 radical (unpaired) electrons. The Balaban J connectivity index is 1.97. The number of Topliss-reactive ketones (excluding diaryl/α,β-unsaturated/α-hetero) is 1. The van der Waals surface area contributed by atoms with Gasteiger partial charge in [0.05, 0.1) is 12.4 Å². The van der Waals surface area contributed by atoms with E-state index in [0.717, 1.165) is 36.8 Å². The topological polar surface area (TPSA) is 64.4 Å². The van der Waals surface area contributed by atoms with Gasteiger partial charge in [0, 0.05) is 28.7 Å². The quantitative estimate of drug-likeness (QED) is 0.376. The molecule has 0 aliphatic carbocycles. The Bertz CT molecular complexity index is 1040. The van der Waals surface area contributed by atoms with Crippen molar-refractivity contribution >= 4 is 11.6 Å². The van der Waals surface area contributed by atoms with Gasteiger partial charge in [0.25, 0.3) is 0 Å². The van der Waals surface area contributed by atoms with Crippen molar-refractivity contribution in [1.82, 2.24) is 4.90 Å². The van der Waals surface area contributed by atoms with E-state index < -0.39 is 0 Å². The summed E-state index contributed by atoms with van der Waals surface area (Å²) in [5.41, 5.74) is 2.94. The highest BCUT2D eigenvalue weighted by atomic mass is 16.3. The van der Waals surface area contributed by atoms with Crippen LogP contribution in [0.3, 0.4) is 0 Å². The van der Waals surface area contributed by atoms with E-state index in [1.54, 1.807) is 0 Å². The molecule has 2 aromatic rings. The van der Waals surface area contributed by atoms with Crippen LogP contribution >= 0.6 is 0 Å². The summed E-state index contributed by atoms with van der Waals surface area (Å²) >= 11 is 0. The normalized spacial score (nSPS) is 20.7. The number of phenols is 1. The SMILES string of the molecule is CCCC1C(=N)N(CC(=O)c2cc(C(C)(C)C)c(O)c(C(C)(C)C)c2)C(CC)C1Cc1ccccc1. The highest BCUT2D eigenvalue weighted by Gasteiger charge is 2.44. The number of ketones is 1. The number of carbonyl (C=O) groups is 1. The summed E-state index contributed by atoms with van der Waals surface area (Å²) in [6.07, 6.45) is 3.83. The number of carbonyl (C=O) groups excluding carboxylic acids is 1. The van der Waals surface area contributed by atoms with E-state index in [0.29, 0.717) is 17.3 Å². The fourth-order valence-electron chi connectivity index (χ4n) is 5.83. The minimum Gasteiger partial charge on any atom is -0.507 e. The van der Waals surface area contributed by atoms with Crippen molar-refractivity contribution in [3.8, 4) is 5.75 Å². The van der Waals surface area contributed by atoms with Crippen LogP contribution in [0.15, 0.2) is 42.5 Å². The maximum absolute atomic E-state index is 13.8. The van der Waals surface area contributed by atoms with Gasteiger partial charge in [0.2, 0.25) is 0 Å². The first-order valence-corrected chi connectivity index (χ1v) is 13.6. The van der Waals surface area contributed by atoms with Crippen molar-refractivity contribution < 1.29 is 9.90 Å². The first-order chi connectivity index (χ1) is 16.8. The number of benzene rings is 2. The van der Waals surface area contributed by atoms with Crippen LogP contribution in [0.5, 0.6) is 5.75 Å². The number of hydrogen-bond donors (Lipinski definition) is 2. The number of phenolic OH excluding ortho intramolecular Hbond substituents is 1. The molecule has 2 aromatic carbocycles. The highest BCUT2D eigenvalue weighted by Crippen LogP contribution is 2.41. The van der Waals surface area contributed by atoms with E-state index in [4.69, 9.17) is 5.41 Å². The van der Waals surface area contributed by atoms with Crippen molar-refractivity contribution in [3.63, 3.8) is 0 Å². The largest absolute Gasteiger partial charge is 0.507 e. The second-order valence-electron chi connectivity index (χ2n) is 12.6. The maximum atomic E-state index is 13.8. The van der Waals surface area contributed by atoms with E-state index in [1.165, 1.54) is 5.56 Å². The molecule has 1 fully saturated rings. The fourth-order valence-corrected chi connectivity index (χ4v) is 5.83. The van der Waals surface area contributed by atoms with Crippen LogP contribution in [0.25, 0.3) is 0 Å². The third-order valence-electron chi connectivity index (χ3n) is 7.77. The monoisotopic (exact) mass is 490 g/mol. The zero-order chi connectivity index (χ0) is 26.8. The van der Waals surface area contributed by atoms with Gasteiger partial charge in [-0.25, -0.2) is 0 Å². The second-order valence-corrected chi connectivity index (χ2v) is 12.6. The van der Waals surface area contributed by atoms with Gasteiger partial charge in [0.1, 0.15) is 5.75 Å². The molecule has 3 atom stereocenters. The molecule has 0 bridgehead atoms. The van der Waals surface area contributed by atoms with Crippen molar-refractivity contribution in [1.29, 1.82) is 5.41 Å². The summed E-state index contributed by atoms with van der Waals surface area (Å²) in [5.74, 6) is 1.42. The molecule has 2 N–H and O–H groups in total. The van der Waals surface area contributed by atoms with E-state index in [9.17, 15) is 9.90 Å². The third-order valence-corrected chi connectivity index (χ3v) is 7.77. The molecule has 1 heterocycles. The van der Waals surface area contributed by atoms with Crippen LogP contribution < -0.4 is 0 Å². The molecule has 3 unspecified atom stereocenters. The number of aromatic hydroxyl groups is 1. The number of amidine groups is 1. The lowest BCUT2D eigenvalue weighted by Crippen LogP contribution is -2.39. The minimum absolute atomic E-state index is 0.0183. The molecule has 3 rings (SSSR count). The van der Waals surface area contributed by atoms with E-state index in [-0.39, 0.29) is 40.9 Å². The molecular weight excluding hydrogens is 444 g/mol. The number of likely N-dealkylation sites (tertiary alicyclic amines) is 1. The molecular formula is C32H46N2O2. The summed E-state index contributed by atoms with van der Waals surface area (Å²) in [5, 5.41) is 20.2. The number of hydrogen-bond acceptors (Lipinski definition) is 3. The summed E-state index contributed by atoms with van der Waals surface area (Å²) < 4.78 is 0. The van der Waals surface area contributed by atoms with Crippen LogP contribution in [0.1, 0.15) is 102 Å². The molecule has 4 nitrogen and oxygen atoms in total. The second kappa shape index (κ2) is 10.8. The van der Waals surface area contributed by atoms with Crippen LogP contribution in [0.2, 0.25) is 0 Å². The number of nitrogens with one attached hydrogen (secondary N) is 1. The zero-order valence-electron chi connectivity index (χ0n) is 23.6. The van der Waals surface area contributed by atoms with Crippen LogP contribution in [-0.4, -0.2) is 34.2 Å². The van der Waals surface area contributed by atoms with Crippen molar-refractivity contribution in [2.24, 2.45) is 11.8 Å². The fraction of sp³-hybridized carbons (Fsp3) is 0.562. The summed E-state index contributed by atoms with van der Waals surface area (Å²) in [4.78, 5) is 15.9. The summed E-state index contributed by atoms with van der Waals surface area (Å²) in [6, 6.07) is 14.5. The Labute approximate surface area is 218 Å². The number of nitrogens with zero attached hydrogens (tertiary/aromatic N) is 1. The molecule has 0 saturated carbocycles. The lowest BCUT2D eigenvalue weighted by Gasteiger charge is -2.30. The summed E-state index contributed by atoms with van der Waals surface area (Å²) in [6.45, 7) is 17.0. The first-order valence-electron chi connectivity index (χ1n) is 13.6. The molecule has 1 saturated heterocycles.